The molecule has 0 bridgehead atoms. The summed E-state index contributed by atoms with van der Waals surface area (Å²) in [5.41, 5.74) is 8.40. The molecule has 0 spiro atoms. The second-order valence-electron chi connectivity index (χ2n) is 6.64. The fourth-order valence-corrected chi connectivity index (χ4v) is 3.27. The molecule has 0 radical (unpaired) electrons. The number of nitrogens with zero attached hydrogens (tertiary/aromatic N) is 5. The third-order valence-electron chi connectivity index (χ3n) is 4.65. The Labute approximate surface area is 166 Å². The van der Waals surface area contributed by atoms with Gasteiger partial charge in [-0.2, -0.15) is 5.26 Å². The van der Waals surface area contributed by atoms with Crippen molar-refractivity contribution in [2.75, 3.05) is 11.1 Å². The van der Waals surface area contributed by atoms with Gasteiger partial charge in [-0.25, -0.2) is 19.3 Å². The summed E-state index contributed by atoms with van der Waals surface area (Å²) in [6, 6.07) is 16.1. The van der Waals surface area contributed by atoms with Crippen molar-refractivity contribution in [3.8, 4) is 6.07 Å². The molecule has 0 fully saturated rings. The lowest BCUT2D eigenvalue weighted by Gasteiger charge is -2.17. The van der Waals surface area contributed by atoms with Crippen LogP contribution in [0.4, 0.5) is 16.0 Å². The minimum atomic E-state index is -0.325. The highest BCUT2D eigenvalue weighted by molar-refractivity contribution is 5.76. The van der Waals surface area contributed by atoms with Crippen molar-refractivity contribution in [1.29, 1.82) is 5.26 Å². The van der Waals surface area contributed by atoms with Gasteiger partial charge in [0.05, 0.1) is 17.1 Å². The third kappa shape index (κ3) is 3.58. The highest BCUT2D eigenvalue weighted by atomic mass is 19.1. The lowest BCUT2D eigenvalue weighted by atomic mass is 10.2. The molecule has 1 atom stereocenters. The summed E-state index contributed by atoms with van der Waals surface area (Å²) < 4.78 is 15.9. The van der Waals surface area contributed by atoms with Crippen molar-refractivity contribution in [2.24, 2.45) is 0 Å². The molecule has 0 aliphatic heterocycles. The first-order chi connectivity index (χ1) is 14.1. The van der Waals surface area contributed by atoms with Crippen LogP contribution in [0.25, 0.3) is 11.0 Å². The van der Waals surface area contributed by atoms with E-state index in [1.54, 1.807) is 6.07 Å². The molecule has 2 aromatic carbocycles. The monoisotopic (exact) mass is 387 g/mol. The smallest absolute Gasteiger partial charge is 0.150 e. The van der Waals surface area contributed by atoms with Gasteiger partial charge in [-0.05, 0) is 30.7 Å². The van der Waals surface area contributed by atoms with Crippen LogP contribution in [0.2, 0.25) is 0 Å². The van der Waals surface area contributed by atoms with Crippen molar-refractivity contribution in [3.05, 3.63) is 77.6 Å². The Hall–Kier alpha value is -3.99. The van der Waals surface area contributed by atoms with Crippen LogP contribution in [0.15, 0.2) is 54.9 Å². The fourth-order valence-electron chi connectivity index (χ4n) is 3.27. The summed E-state index contributed by atoms with van der Waals surface area (Å²) in [5, 5.41) is 12.6. The summed E-state index contributed by atoms with van der Waals surface area (Å²) in [6.45, 7) is 2.43. The predicted molar refractivity (Wildman–Crippen MR) is 108 cm³/mol. The van der Waals surface area contributed by atoms with Gasteiger partial charge in [0, 0.05) is 6.54 Å². The van der Waals surface area contributed by atoms with Gasteiger partial charge in [-0.15, -0.1) is 0 Å². The van der Waals surface area contributed by atoms with E-state index >= 15 is 0 Å². The molecule has 144 valence electrons. The number of hydrogen-bond donors (Lipinski definition) is 2. The molecule has 4 rings (SSSR count). The average Bonchev–Trinajstić information content (AvgIpc) is 3.07. The first-order valence-electron chi connectivity index (χ1n) is 9.03. The number of nitrogen functional groups attached to an aromatic ring is 1. The number of halogens is 1. The van der Waals surface area contributed by atoms with E-state index in [4.69, 9.17) is 10.7 Å². The first-order valence-corrected chi connectivity index (χ1v) is 9.03. The molecule has 2 heterocycles. The molecule has 7 nitrogen and oxygen atoms in total. The van der Waals surface area contributed by atoms with Crippen LogP contribution in [0.1, 0.15) is 29.9 Å². The van der Waals surface area contributed by atoms with Gasteiger partial charge in [0.25, 0.3) is 0 Å². The maximum atomic E-state index is 13.9. The molecule has 3 N–H and O–H groups in total. The van der Waals surface area contributed by atoms with Crippen molar-refractivity contribution in [2.45, 2.75) is 19.5 Å². The summed E-state index contributed by atoms with van der Waals surface area (Å²) in [5.74, 6) is 0.804. The van der Waals surface area contributed by atoms with Gasteiger partial charge >= 0.3 is 0 Å². The normalized spacial score (nSPS) is 11.9. The molecule has 29 heavy (non-hydrogen) atoms. The third-order valence-corrected chi connectivity index (χ3v) is 4.65. The standard InChI is InChI=1S/C21H18FN7/c1-13(27-20-16(10-23)19(24)25-12-26-20)21-28-17-8-7-15(22)9-18(17)29(21)11-14-5-3-2-4-6-14/h2-9,12-13H,11H2,1H3,(H3,24,25,26,27)/t13-/m0/s1. The topological polar surface area (TPSA) is 105 Å². The molecule has 8 heteroatoms. The van der Waals surface area contributed by atoms with Gasteiger partial charge in [0.2, 0.25) is 0 Å². The summed E-state index contributed by atoms with van der Waals surface area (Å²) in [6.07, 6.45) is 1.30. The zero-order valence-corrected chi connectivity index (χ0v) is 15.7. The Morgan fingerprint density at radius 2 is 2.00 bits per heavy atom. The quantitative estimate of drug-likeness (QED) is 0.542. The molecular formula is C21H18FN7. The minimum absolute atomic E-state index is 0.108. The molecular weight excluding hydrogens is 369 g/mol. The van der Waals surface area contributed by atoms with Crippen molar-refractivity contribution in [1.82, 2.24) is 19.5 Å². The number of hydrogen-bond acceptors (Lipinski definition) is 6. The number of nitriles is 1. The van der Waals surface area contributed by atoms with E-state index in [1.165, 1.54) is 18.5 Å². The lowest BCUT2D eigenvalue weighted by Crippen LogP contribution is -2.16. The van der Waals surface area contributed by atoms with Crippen LogP contribution in [0, 0.1) is 17.1 Å². The minimum Gasteiger partial charge on any atom is -0.382 e. The van der Waals surface area contributed by atoms with E-state index in [0.717, 1.165) is 5.56 Å². The number of fused-ring (bicyclic) bond motifs is 1. The van der Waals surface area contributed by atoms with Crippen LogP contribution < -0.4 is 11.1 Å². The molecule has 0 amide bonds. The summed E-state index contributed by atoms with van der Waals surface area (Å²) in [7, 11) is 0. The number of aromatic nitrogens is 4. The average molecular weight is 387 g/mol. The number of nitrogens with two attached hydrogens (primary N) is 1. The van der Waals surface area contributed by atoms with Gasteiger partial charge in [-0.1, -0.05) is 30.3 Å². The largest absolute Gasteiger partial charge is 0.382 e. The van der Waals surface area contributed by atoms with Gasteiger partial charge in [-0.3, -0.25) is 0 Å². The van der Waals surface area contributed by atoms with Crippen LogP contribution in [-0.2, 0) is 6.54 Å². The maximum absolute atomic E-state index is 13.9. The summed E-state index contributed by atoms with van der Waals surface area (Å²) >= 11 is 0. The lowest BCUT2D eigenvalue weighted by molar-refractivity contribution is 0.627. The van der Waals surface area contributed by atoms with E-state index in [2.05, 4.69) is 15.3 Å². The van der Waals surface area contributed by atoms with Crippen molar-refractivity contribution < 1.29 is 4.39 Å². The Morgan fingerprint density at radius 1 is 1.21 bits per heavy atom. The number of rotatable bonds is 5. The SMILES string of the molecule is C[C@H](Nc1ncnc(N)c1C#N)c1nc2ccc(F)cc2n1Cc1ccccc1. The fraction of sp³-hybridized carbons (Fsp3) is 0.143. The van der Waals surface area contributed by atoms with Crippen molar-refractivity contribution >= 4 is 22.7 Å². The zero-order valence-electron chi connectivity index (χ0n) is 15.7. The van der Waals surface area contributed by atoms with Crippen LogP contribution in [0.3, 0.4) is 0 Å². The second kappa shape index (κ2) is 7.56. The van der Waals surface area contributed by atoms with E-state index < -0.39 is 0 Å². The molecule has 0 aliphatic rings. The highest BCUT2D eigenvalue weighted by Crippen LogP contribution is 2.26. The van der Waals surface area contributed by atoms with Crippen LogP contribution in [-0.4, -0.2) is 19.5 Å². The Balaban J connectivity index is 1.77. The van der Waals surface area contributed by atoms with Gasteiger partial charge in [0.1, 0.15) is 41.2 Å². The van der Waals surface area contributed by atoms with Crippen LogP contribution >= 0.6 is 0 Å². The predicted octanol–water partition coefficient (Wildman–Crippen LogP) is 3.64. The number of benzene rings is 2. The molecule has 0 saturated heterocycles. The Bertz CT molecular complexity index is 1210. The molecule has 0 aliphatic carbocycles. The zero-order chi connectivity index (χ0) is 20.4. The highest BCUT2D eigenvalue weighted by Gasteiger charge is 2.20. The van der Waals surface area contributed by atoms with Gasteiger partial charge < -0.3 is 15.6 Å². The van der Waals surface area contributed by atoms with Crippen molar-refractivity contribution in [3.63, 3.8) is 0 Å². The summed E-state index contributed by atoms with van der Waals surface area (Å²) in [4.78, 5) is 12.7. The van der Waals surface area contributed by atoms with E-state index in [0.29, 0.717) is 29.2 Å². The van der Waals surface area contributed by atoms with Crippen LogP contribution in [0.5, 0.6) is 0 Å². The number of imidazole rings is 1. The van der Waals surface area contributed by atoms with E-state index in [1.807, 2.05) is 47.9 Å². The molecule has 0 saturated carbocycles. The van der Waals surface area contributed by atoms with E-state index in [-0.39, 0.29) is 23.2 Å². The molecule has 4 aromatic rings. The Kier molecular flexibility index (Phi) is 4.79. The Morgan fingerprint density at radius 3 is 2.76 bits per heavy atom. The second-order valence-corrected chi connectivity index (χ2v) is 6.64. The first kappa shape index (κ1) is 18.4. The number of nitrogens with one attached hydrogen (secondary N) is 1. The van der Waals surface area contributed by atoms with Gasteiger partial charge in [0.15, 0.2) is 0 Å². The maximum Gasteiger partial charge on any atom is 0.150 e. The number of anilines is 2. The molecule has 0 unspecified atom stereocenters. The molecule has 2 aromatic heterocycles. The van der Waals surface area contributed by atoms with E-state index in [9.17, 15) is 9.65 Å².